The van der Waals surface area contributed by atoms with E-state index in [1.807, 2.05) is 48.5 Å². The molecule has 0 atom stereocenters. The Hall–Kier alpha value is -4.17. The lowest BCUT2D eigenvalue weighted by atomic mass is 10.1. The normalized spacial score (nSPS) is 10.9. The molecule has 38 heavy (non-hydrogen) atoms. The van der Waals surface area contributed by atoms with Crippen molar-refractivity contribution in [3.05, 3.63) is 116 Å². The molecule has 0 aliphatic heterocycles. The zero-order valence-electron chi connectivity index (χ0n) is 20.9. The number of nitrogens with zero attached hydrogens (tertiary/aromatic N) is 2. The quantitative estimate of drug-likeness (QED) is 0.309. The van der Waals surface area contributed by atoms with Gasteiger partial charge in [0, 0.05) is 31.1 Å². The highest BCUT2D eigenvalue weighted by atomic mass is 35.5. The highest BCUT2D eigenvalue weighted by Gasteiger charge is 2.15. The number of fused-ring (bicyclic) bond motifs is 1. The van der Waals surface area contributed by atoms with Gasteiger partial charge in [0.05, 0.1) is 10.9 Å². The predicted molar refractivity (Wildman–Crippen MR) is 148 cm³/mol. The third-order valence-corrected chi connectivity index (χ3v) is 6.60. The first kappa shape index (κ1) is 26.9. The molecule has 8 nitrogen and oxygen atoms in total. The standard InChI is InChI=1S/C29H29ClN4O4/c30-24-13-6-4-11-22(24)19-32-26(35)15-8-18-33-28(37)23-12-5-7-14-25(23)34(29(33)38)20-27(36)31-17-16-21-9-2-1-3-10-21/h1-7,9-14H,8,15-20H2,(H,31,36)(H,32,35). The fourth-order valence-electron chi connectivity index (χ4n) is 4.23. The van der Waals surface area contributed by atoms with Gasteiger partial charge >= 0.3 is 5.69 Å². The molecule has 0 aliphatic carbocycles. The van der Waals surface area contributed by atoms with Gasteiger partial charge in [0.1, 0.15) is 6.54 Å². The smallest absolute Gasteiger partial charge is 0.331 e. The first-order valence-electron chi connectivity index (χ1n) is 12.5. The molecule has 9 heteroatoms. The van der Waals surface area contributed by atoms with E-state index >= 15 is 0 Å². The molecule has 3 aromatic carbocycles. The van der Waals surface area contributed by atoms with Crippen LogP contribution in [0.25, 0.3) is 10.9 Å². The Bertz CT molecular complexity index is 1550. The van der Waals surface area contributed by atoms with Crippen LogP contribution < -0.4 is 21.9 Å². The maximum absolute atomic E-state index is 13.3. The molecule has 196 valence electrons. The van der Waals surface area contributed by atoms with Gasteiger partial charge in [-0.3, -0.25) is 23.5 Å². The summed E-state index contributed by atoms with van der Waals surface area (Å²) in [6.45, 7) is 0.559. The zero-order valence-corrected chi connectivity index (χ0v) is 21.6. The molecule has 0 fully saturated rings. The number of nitrogens with one attached hydrogen (secondary N) is 2. The largest absolute Gasteiger partial charge is 0.354 e. The van der Waals surface area contributed by atoms with Crippen LogP contribution in [-0.4, -0.2) is 27.5 Å². The van der Waals surface area contributed by atoms with Crippen LogP contribution in [-0.2, 0) is 35.6 Å². The molecular weight excluding hydrogens is 504 g/mol. The first-order chi connectivity index (χ1) is 18.4. The second kappa shape index (κ2) is 12.9. The first-order valence-corrected chi connectivity index (χ1v) is 12.8. The zero-order chi connectivity index (χ0) is 26.9. The Morgan fingerprint density at radius 3 is 2.29 bits per heavy atom. The number of halogens is 1. The lowest BCUT2D eigenvalue weighted by Crippen LogP contribution is -2.43. The van der Waals surface area contributed by atoms with E-state index in [4.69, 9.17) is 11.6 Å². The van der Waals surface area contributed by atoms with Crippen molar-refractivity contribution >= 4 is 34.3 Å². The molecule has 0 aliphatic rings. The number of aromatic nitrogens is 2. The molecule has 0 saturated carbocycles. The Labute approximate surface area is 224 Å². The summed E-state index contributed by atoms with van der Waals surface area (Å²) in [6.07, 6.45) is 1.08. The number of benzene rings is 3. The highest BCUT2D eigenvalue weighted by molar-refractivity contribution is 6.31. The third kappa shape index (κ3) is 6.77. The number of hydrogen-bond acceptors (Lipinski definition) is 4. The van der Waals surface area contributed by atoms with Crippen molar-refractivity contribution in [2.75, 3.05) is 6.54 Å². The number of carbonyl (C=O) groups is 2. The summed E-state index contributed by atoms with van der Waals surface area (Å²) in [6, 6.07) is 23.7. The van der Waals surface area contributed by atoms with Crippen LogP contribution in [0, 0.1) is 0 Å². The summed E-state index contributed by atoms with van der Waals surface area (Å²) in [4.78, 5) is 51.4. The van der Waals surface area contributed by atoms with Crippen LogP contribution in [0.5, 0.6) is 0 Å². The van der Waals surface area contributed by atoms with Gasteiger partial charge in [0.25, 0.3) is 5.56 Å². The SMILES string of the molecule is O=C(CCCn1c(=O)c2ccccc2n(CC(=O)NCCc2ccccc2)c1=O)NCc1ccccc1Cl. The van der Waals surface area contributed by atoms with E-state index in [2.05, 4.69) is 10.6 Å². The van der Waals surface area contributed by atoms with Crippen LogP contribution in [0.1, 0.15) is 24.0 Å². The molecule has 0 saturated heterocycles. The monoisotopic (exact) mass is 532 g/mol. The molecule has 0 bridgehead atoms. The number of amides is 2. The molecule has 0 unspecified atom stereocenters. The molecule has 0 radical (unpaired) electrons. The molecule has 1 aromatic heterocycles. The lowest BCUT2D eigenvalue weighted by molar-refractivity contribution is -0.122. The number of rotatable bonds is 11. The number of carbonyl (C=O) groups excluding carboxylic acids is 2. The molecule has 0 spiro atoms. The summed E-state index contributed by atoms with van der Waals surface area (Å²) in [5, 5.41) is 6.56. The van der Waals surface area contributed by atoms with Crippen molar-refractivity contribution in [1.29, 1.82) is 0 Å². The molecule has 2 N–H and O–H groups in total. The van der Waals surface area contributed by atoms with E-state index in [9.17, 15) is 19.2 Å². The summed E-state index contributed by atoms with van der Waals surface area (Å²) < 4.78 is 2.41. The number of hydrogen-bond donors (Lipinski definition) is 2. The van der Waals surface area contributed by atoms with Crippen molar-refractivity contribution < 1.29 is 9.59 Å². The second-order valence-electron chi connectivity index (χ2n) is 8.90. The Kier molecular flexibility index (Phi) is 9.11. The van der Waals surface area contributed by atoms with E-state index in [0.717, 1.165) is 15.7 Å². The van der Waals surface area contributed by atoms with Crippen LogP contribution in [0.2, 0.25) is 5.02 Å². The van der Waals surface area contributed by atoms with Crippen LogP contribution >= 0.6 is 11.6 Å². The summed E-state index contributed by atoms with van der Waals surface area (Å²) >= 11 is 6.13. The van der Waals surface area contributed by atoms with E-state index in [1.54, 1.807) is 30.3 Å². The molecule has 4 aromatic rings. The minimum absolute atomic E-state index is 0.0532. The molecule has 2 amide bonds. The van der Waals surface area contributed by atoms with Crippen LogP contribution in [0.4, 0.5) is 0 Å². The third-order valence-electron chi connectivity index (χ3n) is 6.23. The second-order valence-corrected chi connectivity index (χ2v) is 9.31. The average Bonchev–Trinajstić information content (AvgIpc) is 2.93. The van der Waals surface area contributed by atoms with Gasteiger partial charge in [0.15, 0.2) is 0 Å². The minimum Gasteiger partial charge on any atom is -0.354 e. The van der Waals surface area contributed by atoms with Crippen molar-refractivity contribution in [1.82, 2.24) is 19.8 Å². The van der Waals surface area contributed by atoms with Gasteiger partial charge in [-0.15, -0.1) is 0 Å². The molecule has 4 rings (SSSR count). The van der Waals surface area contributed by atoms with Gasteiger partial charge < -0.3 is 10.6 Å². The van der Waals surface area contributed by atoms with Gasteiger partial charge in [-0.1, -0.05) is 72.3 Å². The van der Waals surface area contributed by atoms with E-state index in [-0.39, 0.29) is 37.7 Å². The van der Waals surface area contributed by atoms with Gasteiger partial charge in [-0.05, 0) is 42.2 Å². The van der Waals surface area contributed by atoms with Crippen molar-refractivity contribution in [2.45, 2.75) is 38.9 Å². The van der Waals surface area contributed by atoms with Crippen molar-refractivity contribution in [3.63, 3.8) is 0 Å². The number of para-hydroxylation sites is 1. The Morgan fingerprint density at radius 1 is 0.789 bits per heavy atom. The van der Waals surface area contributed by atoms with E-state index in [0.29, 0.717) is 35.4 Å². The maximum atomic E-state index is 13.3. The fraction of sp³-hybridized carbons (Fsp3) is 0.241. The Balaban J connectivity index is 1.42. The minimum atomic E-state index is -0.580. The average molecular weight is 533 g/mol. The van der Waals surface area contributed by atoms with Crippen LogP contribution in [0.3, 0.4) is 0 Å². The van der Waals surface area contributed by atoms with Gasteiger partial charge in [0.2, 0.25) is 11.8 Å². The summed E-state index contributed by atoms with van der Waals surface area (Å²) in [5.41, 5.74) is 1.28. The van der Waals surface area contributed by atoms with E-state index < -0.39 is 11.2 Å². The van der Waals surface area contributed by atoms with Gasteiger partial charge in [-0.25, -0.2) is 4.79 Å². The Morgan fingerprint density at radius 2 is 1.50 bits per heavy atom. The van der Waals surface area contributed by atoms with Crippen molar-refractivity contribution in [2.24, 2.45) is 0 Å². The highest BCUT2D eigenvalue weighted by Crippen LogP contribution is 2.14. The van der Waals surface area contributed by atoms with Crippen molar-refractivity contribution in [3.8, 4) is 0 Å². The summed E-state index contributed by atoms with van der Waals surface area (Å²) in [7, 11) is 0. The predicted octanol–water partition coefficient (Wildman–Crippen LogP) is 3.27. The fourth-order valence-corrected chi connectivity index (χ4v) is 4.44. The lowest BCUT2D eigenvalue weighted by Gasteiger charge is -2.14. The maximum Gasteiger partial charge on any atom is 0.331 e. The molecular formula is C29H29ClN4O4. The van der Waals surface area contributed by atoms with Crippen LogP contribution in [0.15, 0.2) is 88.5 Å². The molecule has 1 heterocycles. The summed E-state index contributed by atoms with van der Waals surface area (Å²) in [5.74, 6) is -0.533. The topological polar surface area (TPSA) is 102 Å². The van der Waals surface area contributed by atoms with E-state index in [1.165, 1.54) is 4.57 Å². The van der Waals surface area contributed by atoms with Gasteiger partial charge in [-0.2, -0.15) is 0 Å².